The number of nitrogens with zero attached hydrogens (tertiary/aromatic N) is 2. The summed E-state index contributed by atoms with van der Waals surface area (Å²) in [7, 11) is 2.86. The summed E-state index contributed by atoms with van der Waals surface area (Å²) in [6.45, 7) is 1.53. The molecule has 0 spiro atoms. The minimum Gasteiger partial charge on any atom is -0.510 e. The average Bonchev–Trinajstić information content (AvgIpc) is 2.75. The summed E-state index contributed by atoms with van der Waals surface area (Å²) in [5.41, 5.74) is -0.580. The number of benzene rings is 1. The standard InChI is InChI=1S/C22H23N3O10/c1-6-7-4-5-8(25(34)35)15(26)10(7)16(27)11-9(6)17(28)13-14(24(2)3)18(29)12(21(23)32)20(31)22(13,33)19(11)30/h4-6,9,13-14,17,26,28-30,33H,1-3H3,(H2,23,32)/t6?,9?,13?,14-,17?,22?/m0/s1. The molecule has 4 rings (SSSR count). The van der Waals surface area contributed by atoms with Crippen molar-refractivity contribution in [1.29, 1.82) is 0 Å². The molecule has 5 unspecified atom stereocenters. The van der Waals surface area contributed by atoms with Crippen LogP contribution >= 0.6 is 0 Å². The fourth-order valence-corrected chi connectivity index (χ4v) is 5.76. The minimum atomic E-state index is -3.04. The number of hydrogen-bond acceptors (Lipinski definition) is 11. The molecule has 1 aromatic rings. The third-order valence-electron chi connectivity index (χ3n) is 7.31. The Balaban J connectivity index is 2.06. The Morgan fingerprint density at radius 3 is 2.31 bits per heavy atom. The molecule has 0 saturated heterocycles. The lowest BCUT2D eigenvalue weighted by Gasteiger charge is -2.53. The molecule has 3 aliphatic rings. The first-order chi connectivity index (χ1) is 16.2. The van der Waals surface area contributed by atoms with E-state index in [4.69, 9.17) is 5.73 Å². The van der Waals surface area contributed by atoms with Gasteiger partial charge in [-0.3, -0.25) is 29.4 Å². The fraction of sp³-hybridized carbons (Fsp3) is 0.409. The quantitative estimate of drug-likeness (QED) is 0.181. The van der Waals surface area contributed by atoms with Crippen LogP contribution in [0.1, 0.15) is 28.8 Å². The van der Waals surface area contributed by atoms with Gasteiger partial charge in [0, 0.05) is 17.6 Å². The van der Waals surface area contributed by atoms with E-state index in [1.165, 1.54) is 32.0 Å². The first kappa shape index (κ1) is 24.3. The molecule has 1 amide bonds. The van der Waals surface area contributed by atoms with Crippen LogP contribution in [0.5, 0.6) is 5.75 Å². The Labute approximate surface area is 197 Å². The highest BCUT2D eigenvalue weighted by Gasteiger charge is 2.67. The Morgan fingerprint density at radius 1 is 1.20 bits per heavy atom. The van der Waals surface area contributed by atoms with Crippen LogP contribution in [0.3, 0.4) is 0 Å². The maximum Gasteiger partial charge on any atom is 0.311 e. The van der Waals surface area contributed by atoms with Crippen LogP contribution in [-0.2, 0) is 9.59 Å². The first-order valence-corrected chi connectivity index (χ1v) is 10.5. The third-order valence-corrected chi connectivity index (χ3v) is 7.31. The highest BCUT2D eigenvalue weighted by Crippen LogP contribution is 2.56. The van der Waals surface area contributed by atoms with Gasteiger partial charge in [-0.25, -0.2) is 0 Å². The van der Waals surface area contributed by atoms with Gasteiger partial charge in [0.15, 0.2) is 11.4 Å². The number of phenolic OH excluding ortho intramolecular Hbond substituents is 1. The smallest absolute Gasteiger partial charge is 0.311 e. The summed E-state index contributed by atoms with van der Waals surface area (Å²) in [5, 5.41) is 66.7. The Hall–Kier alpha value is -3.81. The highest BCUT2D eigenvalue weighted by molar-refractivity contribution is 6.25. The molecule has 0 heterocycles. The SMILES string of the molecule is CC1c2ccc([N+](=O)[O-])c(O)c2C(=O)C2=C(O)C3(O)C(=O)C(C(N)=O)=C(O)[C@@H](N(C)C)C3C(O)C21. The summed E-state index contributed by atoms with van der Waals surface area (Å²) in [6.07, 6.45) is -1.73. The zero-order valence-corrected chi connectivity index (χ0v) is 18.8. The molecule has 0 aromatic heterocycles. The Bertz CT molecular complexity index is 1280. The number of nitrogens with two attached hydrogens (primary N) is 1. The van der Waals surface area contributed by atoms with E-state index in [2.05, 4.69) is 0 Å². The fourth-order valence-electron chi connectivity index (χ4n) is 5.76. The third kappa shape index (κ3) is 2.89. The van der Waals surface area contributed by atoms with Crippen molar-refractivity contribution in [2.45, 2.75) is 30.6 Å². The number of carbonyl (C=O) groups excluding carboxylic acids is 3. The molecule has 1 aromatic carbocycles. The molecule has 0 bridgehead atoms. The predicted octanol–water partition coefficient (Wildman–Crippen LogP) is -0.439. The van der Waals surface area contributed by atoms with Crippen molar-refractivity contribution in [1.82, 2.24) is 4.90 Å². The number of likely N-dealkylation sites (N-methyl/N-ethyl adjacent to an activating group) is 1. The topological polar surface area (TPSA) is 225 Å². The van der Waals surface area contributed by atoms with Crippen LogP contribution < -0.4 is 5.73 Å². The van der Waals surface area contributed by atoms with Gasteiger partial charge in [-0.1, -0.05) is 13.0 Å². The zero-order chi connectivity index (χ0) is 26.3. The summed E-state index contributed by atoms with van der Waals surface area (Å²) in [4.78, 5) is 50.4. The van der Waals surface area contributed by atoms with Crippen LogP contribution in [0.25, 0.3) is 0 Å². The van der Waals surface area contributed by atoms with Crippen molar-refractivity contribution in [3.05, 3.63) is 56.0 Å². The number of rotatable bonds is 3. The largest absolute Gasteiger partial charge is 0.510 e. The van der Waals surface area contributed by atoms with Crippen LogP contribution in [0, 0.1) is 22.0 Å². The summed E-state index contributed by atoms with van der Waals surface area (Å²) < 4.78 is 0. The van der Waals surface area contributed by atoms with E-state index in [1.54, 1.807) is 0 Å². The van der Waals surface area contributed by atoms with Crippen LogP contribution in [0.2, 0.25) is 0 Å². The van der Waals surface area contributed by atoms with E-state index in [0.29, 0.717) is 0 Å². The summed E-state index contributed by atoms with van der Waals surface area (Å²) in [5.74, 6) is -10.7. The molecular formula is C22H23N3O10. The number of aromatic hydroxyl groups is 1. The number of ketones is 2. The molecule has 13 nitrogen and oxygen atoms in total. The number of nitro groups is 1. The molecule has 0 saturated carbocycles. The Kier molecular flexibility index (Phi) is 5.28. The normalized spacial score (nSPS) is 32.3. The van der Waals surface area contributed by atoms with Gasteiger partial charge < -0.3 is 31.3 Å². The first-order valence-electron chi connectivity index (χ1n) is 10.5. The number of aliphatic hydroxyl groups excluding tert-OH is 3. The number of fused-ring (bicyclic) bond motifs is 3. The van der Waals surface area contributed by atoms with Gasteiger partial charge in [0.2, 0.25) is 11.5 Å². The van der Waals surface area contributed by atoms with Crippen LogP contribution in [0.15, 0.2) is 34.8 Å². The van der Waals surface area contributed by atoms with Gasteiger partial charge in [0.05, 0.1) is 28.6 Å². The van der Waals surface area contributed by atoms with E-state index < -0.39 is 97.6 Å². The van der Waals surface area contributed by atoms with Crippen molar-refractivity contribution in [3.8, 4) is 5.75 Å². The summed E-state index contributed by atoms with van der Waals surface area (Å²) >= 11 is 0. The molecule has 7 N–H and O–H groups in total. The van der Waals surface area contributed by atoms with Crippen molar-refractivity contribution in [3.63, 3.8) is 0 Å². The van der Waals surface area contributed by atoms with Crippen molar-refractivity contribution in [2.24, 2.45) is 17.6 Å². The van der Waals surface area contributed by atoms with Gasteiger partial charge in [-0.2, -0.15) is 0 Å². The summed E-state index contributed by atoms with van der Waals surface area (Å²) in [6, 6.07) is 0.876. The Morgan fingerprint density at radius 2 is 1.80 bits per heavy atom. The zero-order valence-electron chi connectivity index (χ0n) is 18.8. The predicted molar refractivity (Wildman–Crippen MR) is 116 cm³/mol. The molecule has 6 atom stereocenters. The van der Waals surface area contributed by atoms with Gasteiger partial charge in [0.1, 0.15) is 17.1 Å². The number of phenols is 1. The number of amides is 1. The minimum absolute atomic E-state index is 0.144. The van der Waals surface area contributed by atoms with Gasteiger partial charge in [-0.05, 0) is 25.6 Å². The molecule has 0 aliphatic heterocycles. The lowest BCUT2D eigenvalue weighted by molar-refractivity contribution is -0.385. The second kappa shape index (κ2) is 7.60. The number of Topliss-reactive ketones (excluding diaryl/α,β-unsaturated/α-hetero) is 2. The highest BCUT2D eigenvalue weighted by atomic mass is 16.6. The maximum absolute atomic E-state index is 13.5. The van der Waals surface area contributed by atoms with Gasteiger partial charge >= 0.3 is 5.69 Å². The second-order valence-electron chi connectivity index (χ2n) is 9.21. The number of carbonyl (C=O) groups is 3. The van der Waals surface area contributed by atoms with E-state index >= 15 is 0 Å². The number of primary amides is 1. The average molecular weight is 489 g/mol. The molecule has 0 fully saturated rings. The second-order valence-corrected chi connectivity index (χ2v) is 9.21. The molecule has 35 heavy (non-hydrogen) atoms. The molecule has 0 radical (unpaired) electrons. The lowest BCUT2D eigenvalue weighted by atomic mass is 9.55. The van der Waals surface area contributed by atoms with Gasteiger partial charge in [-0.15, -0.1) is 0 Å². The van der Waals surface area contributed by atoms with Gasteiger partial charge in [0.25, 0.3) is 5.91 Å². The van der Waals surface area contributed by atoms with E-state index in [9.17, 15) is 50.0 Å². The number of nitro benzene ring substituents is 1. The molecule has 186 valence electrons. The monoisotopic (exact) mass is 489 g/mol. The van der Waals surface area contributed by atoms with Crippen molar-refractivity contribution >= 4 is 23.2 Å². The van der Waals surface area contributed by atoms with E-state index in [0.717, 1.165) is 6.07 Å². The van der Waals surface area contributed by atoms with E-state index in [-0.39, 0.29) is 5.56 Å². The van der Waals surface area contributed by atoms with E-state index in [1.807, 2.05) is 0 Å². The molecule has 13 heteroatoms. The van der Waals surface area contributed by atoms with Crippen molar-refractivity contribution in [2.75, 3.05) is 14.1 Å². The lowest BCUT2D eigenvalue weighted by Crippen LogP contribution is -2.68. The van der Waals surface area contributed by atoms with Crippen molar-refractivity contribution < 1.29 is 44.8 Å². The maximum atomic E-state index is 13.5. The molecular weight excluding hydrogens is 466 g/mol. The van der Waals surface area contributed by atoms with Crippen LogP contribution in [0.4, 0.5) is 5.69 Å². The van der Waals surface area contributed by atoms with Crippen LogP contribution in [-0.4, -0.2) is 84.7 Å². The molecule has 3 aliphatic carbocycles. The number of hydrogen-bond donors (Lipinski definition) is 6. The number of aliphatic hydroxyl groups is 4.